The number of aromatic nitrogens is 6. The van der Waals surface area contributed by atoms with Gasteiger partial charge in [0.15, 0.2) is 0 Å². The van der Waals surface area contributed by atoms with Crippen LogP contribution in [0.4, 0.5) is 8.78 Å². The summed E-state index contributed by atoms with van der Waals surface area (Å²) in [5, 5.41) is 19.9. The lowest BCUT2D eigenvalue weighted by Crippen LogP contribution is -2.40. The Hall–Kier alpha value is -3.90. The van der Waals surface area contributed by atoms with Gasteiger partial charge < -0.3 is 5.11 Å². The summed E-state index contributed by atoms with van der Waals surface area (Å²) in [6.07, 6.45) is 9.24. The molecule has 1 N–H and O–H groups in total. The molecule has 0 aliphatic heterocycles. The van der Waals surface area contributed by atoms with Crippen molar-refractivity contribution in [1.29, 1.82) is 0 Å². The van der Waals surface area contributed by atoms with Gasteiger partial charge in [-0.25, -0.2) is 18.4 Å². The molecule has 0 amide bonds. The molecule has 31 heavy (non-hydrogen) atoms. The lowest BCUT2D eigenvalue weighted by atomic mass is 9.86. The molecule has 0 fully saturated rings. The molecule has 4 rings (SSSR count). The number of nitrogens with zero attached hydrogens (tertiary/aromatic N) is 6. The molecular weight excluding hydrogens is 402 g/mol. The fourth-order valence-electron chi connectivity index (χ4n) is 3.26. The topological polar surface area (TPSA) is 81.6 Å². The van der Waals surface area contributed by atoms with Gasteiger partial charge in [0, 0.05) is 35.8 Å². The van der Waals surface area contributed by atoms with Crippen LogP contribution < -0.4 is 0 Å². The normalized spacial score (nSPS) is 13.8. The fraction of sp³-hybridized carbons (Fsp3) is 0.182. The van der Waals surface area contributed by atoms with Gasteiger partial charge in [-0.15, -0.1) is 0 Å². The van der Waals surface area contributed by atoms with Gasteiger partial charge in [0.05, 0.1) is 24.3 Å². The molecule has 0 radical (unpaired) electrons. The molecule has 9 heteroatoms. The van der Waals surface area contributed by atoms with Gasteiger partial charge in [-0.05, 0) is 25.1 Å². The van der Waals surface area contributed by atoms with Gasteiger partial charge in [0.1, 0.15) is 29.9 Å². The minimum atomic E-state index is -1.80. The standard InChI is InChI=1S/C22H18F2N6O/c1-16(30-12-18(11-27-30)5-4-17-3-2-8-25-10-17)22(31,13-29-15-26-14-28-29)20-7-6-19(23)9-21(20)24/h2-3,6-12,14-16,31H,13H2,1H3/t16-,22-/m1/s1. The van der Waals surface area contributed by atoms with Crippen LogP contribution in [0.5, 0.6) is 0 Å². The van der Waals surface area contributed by atoms with Gasteiger partial charge in [-0.2, -0.15) is 10.2 Å². The summed E-state index contributed by atoms with van der Waals surface area (Å²) >= 11 is 0. The van der Waals surface area contributed by atoms with Crippen molar-refractivity contribution in [1.82, 2.24) is 29.5 Å². The SMILES string of the molecule is C[C@@H](n1cc(C#Cc2cccnc2)cn1)[C@](O)(Cn1cncn1)c1ccc(F)cc1F. The number of rotatable bonds is 5. The van der Waals surface area contributed by atoms with E-state index in [1.54, 1.807) is 37.8 Å². The molecule has 0 aliphatic carbocycles. The van der Waals surface area contributed by atoms with Crippen LogP contribution in [0.15, 0.2) is 67.8 Å². The Morgan fingerprint density at radius 1 is 1.10 bits per heavy atom. The summed E-state index contributed by atoms with van der Waals surface area (Å²) < 4.78 is 31.0. The highest BCUT2D eigenvalue weighted by molar-refractivity contribution is 5.39. The van der Waals surface area contributed by atoms with Crippen molar-refractivity contribution < 1.29 is 13.9 Å². The highest BCUT2D eigenvalue weighted by atomic mass is 19.1. The minimum absolute atomic E-state index is 0.0737. The minimum Gasteiger partial charge on any atom is -0.381 e. The molecule has 4 aromatic rings. The first-order valence-corrected chi connectivity index (χ1v) is 9.42. The molecular formula is C22H18F2N6O. The smallest absolute Gasteiger partial charge is 0.137 e. The zero-order chi connectivity index (χ0) is 21.8. The zero-order valence-corrected chi connectivity index (χ0v) is 16.5. The summed E-state index contributed by atoms with van der Waals surface area (Å²) in [4.78, 5) is 7.88. The lowest BCUT2D eigenvalue weighted by molar-refractivity contribution is -0.0369. The third-order valence-electron chi connectivity index (χ3n) is 4.97. The van der Waals surface area contributed by atoms with Crippen LogP contribution in [-0.4, -0.2) is 34.6 Å². The van der Waals surface area contributed by atoms with Crippen LogP contribution in [0, 0.1) is 23.5 Å². The van der Waals surface area contributed by atoms with E-state index >= 15 is 0 Å². The van der Waals surface area contributed by atoms with Gasteiger partial charge in [-0.3, -0.25) is 9.67 Å². The third kappa shape index (κ3) is 4.34. The molecule has 3 aromatic heterocycles. The Bertz CT molecular complexity index is 1230. The number of aliphatic hydroxyl groups is 1. The van der Waals surface area contributed by atoms with E-state index in [9.17, 15) is 13.9 Å². The quantitative estimate of drug-likeness (QED) is 0.502. The number of pyridine rings is 1. The molecule has 0 aliphatic rings. The largest absolute Gasteiger partial charge is 0.381 e. The average molecular weight is 420 g/mol. The predicted molar refractivity (Wildman–Crippen MR) is 107 cm³/mol. The monoisotopic (exact) mass is 420 g/mol. The van der Waals surface area contributed by atoms with Crippen LogP contribution in [-0.2, 0) is 12.1 Å². The van der Waals surface area contributed by atoms with Crippen molar-refractivity contribution in [3.05, 3.63) is 96.1 Å². The Morgan fingerprint density at radius 3 is 2.65 bits per heavy atom. The van der Waals surface area contributed by atoms with Gasteiger partial charge in [0.2, 0.25) is 0 Å². The van der Waals surface area contributed by atoms with Gasteiger partial charge >= 0.3 is 0 Å². The zero-order valence-electron chi connectivity index (χ0n) is 16.5. The Morgan fingerprint density at radius 2 is 1.94 bits per heavy atom. The van der Waals surface area contributed by atoms with Crippen LogP contribution in [0.25, 0.3) is 0 Å². The van der Waals surface area contributed by atoms with Gasteiger partial charge in [0.25, 0.3) is 0 Å². The lowest BCUT2D eigenvalue weighted by Gasteiger charge is -2.34. The van der Waals surface area contributed by atoms with E-state index in [0.717, 1.165) is 17.7 Å². The van der Waals surface area contributed by atoms with E-state index in [0.29, 0.717) is 5.56 Å². The third-order valence-corrected chi connectivity index (χ3v) is 4.97. The first-order valence-electron chi connectivity index (χ1n) is 9.42. The molecule has 0 saturated heterocycles. The van der Waals surface area contributed by atoms with Crippen molar-refractivity contribution >= 4 is 0 Å². The molecule has 7 nitrogen and oxygen atoms in total. The summed E-state index contributed by atoms with van der Waals surface area (Å²) in [7, 11) is 0. The maximum Gasteiger partial charge on any atom is 0.137 e. The van der Waals surface area contributed by atoms with E-state index in [-0.39, 0.29) is 12.1 Å². The Kier molecular flexibility index (Phi) is 5.56. The second kappa shape index (κ2) is 8.45. The predicted octanol–water partition coefficient (Wildman–Crippen LogP) is 2.70. The van der Waals surface area contributed by atoms with Crippen molar-refractivity contribution in [2.24, 2.45) is 0 Å². The van der Waals surface area contributed by atoms with E-state index in [2.05, 4.69) is 32.0 Å². The summed E-state index contributed by atoms with van der Waals surface area (Å²) in [6, 6.07) is 5.95. The first-order chi connectivity index (χ1) is 15.0. The second-order valence-corrected chi connectivity index (χ2v) is 7.02. The van der Waals surface area contributed by atoms with Crippen LogP contribution >= 0.6 is 0 Å². The van der Waals surface area contributed by atoms with E-state index < -0.39 is 23.3 Å². The number of benzene rings is 1. The first kappa shape index (κ1) is 20.4. The summed E-state index contributed by atoms with van der Waals surface area (Å²) in [5.74, 6) is 4.37. The maximum absolute atomic E-state index is 14.7. The molecule has 0 bridgehead atoms. The summed E-state index contributed by atoms with van der Waals surface area (Å²) in [6.45, 7) is 1.57. The van der Waals surface area contributed by atoms with Crippen molar-refractivity contribution in [3.63, 3.8) is 0 Å². The Labute approximate surface area is 177 Å². The van der Waals surface area contributed by atoms with Crippen LogP contribution in [0.2, 0.25) is 0 Å². The molecule has 0 saturated carbocycles. The molecule has 0 spiro atoms. The summed E-state index contributed by atoms with van der Waals surface area (Å²) in [5.41, 5.74) is -0.515. The molecule has 1 aromatic carbocycles. The molecule has 3 heterocycles. The average Bonchev–Trinajstić information content (AvgIpc) is 3.44. The fourth-order valence-corrected chi connectivity index (χ4v) is 3.26. The van der Waals surface area contributed by atoms with Crippen LogP contribution in [0.3, 0.4) is 0 Å². The highest BCUT2D eigenvalue weighted by Gasteiger charge is 2.40. The second-order valence-electron chi connectivity index (χ2n) is 7.02. The number of hydrogen-bond acceptors (Lipinski definition) is 5. The van der Waals surface area contributed by atoms with E-state index in [1.807, 2.05) is 6.07 Å². The van der Waals surface area contributed by atoms with E-state index in [1.165, 1.54) is 28.1 Å². The molecule has 156 valence electrons. The Balaban J connectivity index is 1.69. The van der Waals surface area contributed by atoms with Crippen molar-refractivity contribution in [2.45, 2.75) is 25.1 Å². The maximum atomic E-state index is 14.7. The van der Waals surface area contributed by atoms with Gasteiger partial charge in [-0.1, -0.05) is 17.9 Å². The van der Waals surface area contributed by atoms with Crippen LogP contribution in [0.1, 0.15) is 29.7 Å². The van der Waals surface area contributed by atoms with Crippen molar-refractivity contribution in [2.75, 3.05) is 0 Å². The number of halogens is 2. The van der Waals surface area contributed by atoms with E-state index in [4.69, 9.17) is 0 Å². The highest BCUT2D eigenvalue weighted by Crippen LogP contribution is 2.36. The number of hydrogen-bond donors (Lipinski definition) is 1. The molecule has 2 atom stereocenters. The van der Waals surface area contributed by atoms with Crippen molar-refractivity contribution in [3.8, 4) is 11.8 Å². The molecule has 0 unspecified atom stereocenters.